The zero-order valence-electron chi connectivity index (χ0n) is 18.0. The monoisotopic (exact) mass is 419 g/mol. The Morgan fingerprint density at radius 2 is 1.87 bits per heavy atom. The van der Waals surface area contributed by atoms with Gasteiger partial charge in [0, 0.05) is 12.6 Å². The first-order chi connectivity index (χ1) is 14.3. The summed E-state index contributed by atoms with van der Waals surface area (Å²) in [7, 11) is 3.01. The molecule has 164 valence electrons. The number of fused-ring (bicyclic) bond motifs is 1. The molecule has 0 fully saturated rings. The van der Waals surface area contributed by atoms with Gasteiger partial charge in [0.15, 0.2) is 11.5 Å². The van der Waals surface area contributed by atoms with Gasteiger partial charge in [0.2, 0.25) is 11.8 Å². The normalized spacial score (nSPS) is 11.9. The lowest BCUT2D eigenvalue weighted by atomic mass is 10.2. The summed E-state index contributed by atoms with van der Waals surface area (Å²) in [6.45, 7) is 6.71. The highest BCUT2D eigenvalue weighted by molar-refractivity contribution is 5.88. The van der Waals surface area contributed by atoms with Crippen LogP contribution in [0.25, 0.3) is 10.9 Å². The standard InChI is InChI=1S/C20H29N5O5/c1-6-21-19(27)12(3)22-18(26)11-25(7-2)10-17-23-14-9-16(30-5)15(29-4)8-13(14)20(28)24-17/h8-9,12H,6-7,10-11H2,1-5H3,(H,21,27)(H,22,26)(H,23,24,28)/t12-/m1/s1. The van der Waals surface area contributed by atoms with E-state index in [1.165, 1.54) is 14.2 Å². The van der Waals surface area contributed by atoms with Gasteiger partial charge in [-0.15, -0.1) is 0 Å². The quantitative estimate of drug-likeness (QED) is 0.509. The van der Waals surface area contributed by atoms with Crippen LogP contribution in [0.2, 0.25) is 0 Å². The minimum atomic E-state index is -0.628. The fourth-order valence-electron chi connectivity index (χ4n) is 2.96. The molecule has 1 aromatic carbocycles. The molecule has 0 bridgehead atoms. The van der Waals surface area contributed by atoms with E-state index < -0.39 is 6.04 Å². The van der Waals surface area contributed by atoms with Gasteiger partial charge in [0.25, 0.3) is 5.56 Å². The summed E-state index contributed by atoms with van der Waals surface area (Å²) in [5.74, 6) is 0.813. The number of likely N-dealkylation sites (N-methyl/N-ethyl adjacent to an activating group) is 2. The van der Waals surface area contributed by atoms with E-state index in [0.717, 1.165) is 0 Å². The fourth-order valence-corrected chi connectivity index (χ4v) is 2.96. The van der Waals surface area contributed by atoms with Gasteiger partial charge in [-0.25, -0.2) is 4.98 Å². The molecule has 1 heterocycles. The molecule has 0 aliphatic carbocycles. The molecule has 1 atom stereocenters. The Kier molecular flexibility index (Phi) is 8.16. The molecular formula is C20H29N5O5. The molecule has 0 aliphatic rings. The molecule has 0 aliphatic heterocycles. The van der Waals surface area contributed by atoms with Crippen molar-refractivity contribution in [2.75, 3.05) is 33.9 Å². The zero-order chi connectivity index (χ0) is 22.3. The van der Waals surface area contributed by atoms with E-state index in [-0.39, 0.29) is 30.5 Å². The van der Waals surface area contributed by atoms with Crippen LogP contribution in [-0.4, -0.2) is 66.6 Å². The van der Waals surface area contributed by atoms with Gasteiger partial charge in [-0.3, -0.25) is 19.3 Å². The van der Waals surface area contributed by atoms with Crippen molar-refractivity contribution in [2.24, 2.45) is 0 Å². The number of carbonyl (C=O) groups is 2. The second-order valence-corrected chi connectivity index (χ2v) is 6.72. The van der Waals surface area contributed by atoms with E-state index in [9.17, 15) is 14.4 Å². The molecule has 30 heavy (non-hydrogen) atoms. The number of hydrogen-bond donors (Lipinski definition) is 3. The van der Waals surface area contributed by atoms with Gasteiger partial charge in [0.05, 0.1) is 38.2 Å². The average Bonchev–Trinajstić information content (AvgIpc) is 2.72. The zero-order valence-corrected chi connectivity index (χ0v) is 18.0. The number of aromatic nitrogens is 2. The van der Waals surface area contributed by atoms with Crippen LogP contribution in [0.15, 0.2) is 16.9 Å². The van der Waals surface area contributed by atoms with Crippen molar-refractivity contribution in [2.45, 2.75) is 33.4 Å². The van der Waals surface area contributed by atoms with Crippen LogP contribution in [0, 0.1) is 0 Å². The number of amides is 2. The van der Waals surface area contributed by atoms with Gasteiger partial charge in [-0.2, -0.15) is 0 Å². The van der Waals surface area contributed by atoms with Crippen LogP contribution in [-0.2, 0) is 16.1 Å². The molecule has 3 N–H and O–H groups in total. The number of hydrogen-bond acceptors (Lipinski definition) is 7. The first-order valence-corrected chi connectivity index (χ1v) is 9.77. The van der Waals surface area contributed by atoms with Crippen molar-refractivity contribution >= 4 is 22.7 Å². The predicted molar refractivity (Wildman–Crippen MR) is 113 cm³/mol. The highest BCUT2D eigenvalue weighted by Gasteiger charge is 2.18. The first kappa shape index (κ1) is 23.1. The lowest BCUT2D eigenvalue weighted by Crippen LogP contribution is -2.47. The molecule has 0 radical (unpaired) electrons. The van der Waals surface area contributed by atoms with Crippen molar-refractivity contribution in [1.29, 1.82) is 0 Å². The van der Waals surface area contributed by atoms with Gasteiger partial charge in [-0.05, 0) is 26.5 Å². The van der Waals surface area contributed by atoms with E-state index >= 15 is 0 Å². The Labute approximate surface area is 175 Å². The molecule has 0 saturated heterocycles. The Morgan fingerprint density at radius 1 is 1.20 bits per heavy atom. The van der Waals surface area contributed by atoms with E-state index in [0.29, 0.717) is 41.3 Å². The third-order valence-electron chi connectivity index (χ3n) is 4.57. The van der Waals surface area contributed by atoms with Crippen molar-refractivity contribution in [3.63, 3.8) is 0 Å². The smallest absolute Gasteiger partial charge is 0.258 e. The Hall–Kier alpha value is -3.14. The number of carbonyl (C=O) groups excluding carboxylic acids is 2. The maximum atomic E-state index is 12.5. The second kappa shape index (κ2) is 10.6. The number of rotatable bonds is 10. The summed E-state index contributed by atoms with van der Waals surface area (Å²) in [4.78, 5) is 45.6. The molecule has 0 unspecified atom stereocenters. The van der Waals surface area contributed by atoms with E-state index in [1.54, 1.807) is 19.1 Å². The van der Waals surface area contributed by atoms with Crippen LogP contribution < -0.4 is 25.7 Å². The fraction of sp³-hybridized carbons (Fsp3) is 0.500. The highest BCUT2D eigenvalue weighted by atomic mass is 16.5. The van der Waals surface area contributed by atoms with E-state index in [4.69, 9.17) is 9.47 Å². The number of nitrogens with one attached hydrogen (secondary N) is 3. The number of methoxy groups -OCH3 is 2. The summed E-state index contributed by atoms with van der Waals surface area (Å²) < 4.78 is 10.5. The van der Waals surface area contributed by atoms with Gasteiger partial charge in [-0.1, -0.05) is 6.92 Å². The molecule has 10 nitrogen and oxygen atoms in total. The Balaban J connectivity index is 2.15. The van der Waals surface area contributed by atoms with E-state index in [2.05, 4.69) is 20.6 Å². The molecule has 1 aromatic heterocycles. The topological polar surface area (TPSA) is 126 Å². The van der Waals surface area contributed by atoms with Crippen molar-refractivity contribution < 1.29 is 19.1 Å². The maximum absolute atomic E-state index is 12.5. The lowest BCUT2D eigenvalue weighted by Gasteiger charge is -2.21. The Bertz CT molecular complexity index is 958. The highest BCUT2D eigenvalue weighted by Crippen LogP contribution is 2.29. The van der Waals surface area contributed by atoms with Crippen LogP contribution in [0.4, 0.5) is 0 Å². The summed E-state index contributed by atoms with van der Waals surface area (Å²) in [5.41, 5.74) is 0.165. The van der Waals surface area contributed by atoms with Gasteiger partial charge >= 0.3 is 0 Å². The lowest BCUT2D eigenvalue weighted by molar-refractivity contribution is -0.129. The summed E-state index contributed by atoms with van der Waals surface area (Å²) in [6, 6.07) is 2.60. The number of H-pyrrole nitrogens is 1. The van der Waals surface area contributed by atoms with E-state index in [1.807, 2.05) is 18.7 Å². The third-order valence-corrected chi connectivity index (χ3v) is 4.57. The average molecular weight is 419 g/mol. The molecule has 0 saturated carbocycles. The summed E-state index contributed by atoms with van der Waals surface area (Å²) >= 11 is 0. The minimum Gasteiger partial charge on any atom is -0.493 e. The minimum absolute atomic E-state index is 0.0634. The SMILES string of the molecule is CCNC(=O)[C@@H](C)NC(=O)CN(CC)Cc1nc2cc(OC)c(OC)cc2c(=O)[nH]1. The van der Waals surface area contributed by atoms with Crippen LogP contribution in [0.3, 0.4) is 0 Å². The van der Waals surface area contributed by atoms with Crippen LogP contribution >= 0.6 is 0 Å². The Morgan fingerprint density at radius 3 is 2.47 bits per heavy atom. The predicted octanol–water partition coefficient (Wildman–Crippen LogP) is 0.403. The molecule has 2 aromatic rings. The van der Waals surface area contributed by atoms with Crippen molar-refractivity contribution in [3.05, 3.63) is 28.3 Å². The van der Waals surface area contributed by atoms with Gasteiger partial charge < -0.3 is 25.1 Å². The number of ether oxygens (including phenoxy) is 2. The first-order valence-electron chi connectivity index (χ1n) is 9.77. The molecule has 2 amide bonds. The van der Waals surface area contributed by atoms with Crippen LogP contribution in [0.5, 0.6) is 11.5 Å². The number of nitrogens with zero attached hydrogens (tertiary/aromatic N) is 2. The molecule has 0 spiro atoms. The third kappa shape index (κ3) is 5.69. The van der Waals surface area contributed by atoms with Crippen molar-refractivity contribution in [1.82, 2.24) is 25.5 Å². The number of aromatic amines is 1. The molecular weight excluding hydrogens is 390 g/mol. The van der Waals surface area contributed by atoms with Gasteiger partial charge in [0.1, 0.15) is 11.9 Å². The largest absolute Gasteiger partial charge is 0.493 e. The van der Waals surface area contributed by atoms with Crippen LogP contribution in [0.1, 0.15) is 26.6 Å². The summed E-state index contributed by atoms with van der Waals surface area (Å²) in [5, 5.41) is 5.71. The summed E-state index contributed by atoms with van der Waals surface area (Å²) in [6.07, 6.45) is 0. The van der Waals surface area contributed by atoms with Crippen molar-refractivity contribution in [3.8, 4) is 11.5 Å². The molecule has 2 rings (SSSR count). The second-order valence-electron chi connectivity index (χ2n) is 6.72. The molecule has 10 heteroatoms. The maximum Gasteiger partial charge on any atom is 0.258 e. The number of benzene rings is 1.